The predicted molar refractivity (Wildman–Crippen MR) is 117 cm³/mol. The summed E-state index contributed by atoms with van der Waals surface area (Å²) >= 11 is 0. The molecule has 32 heavy (non-hydrogen) atoms. The Labute approximate surface area is 184 Å². The standard InChI is InChI=1S/C24H24F2N4O2/c1-29-11-4-7-21(29)22(30-12-10-16-5-2-3-6-17(16)15-30)14-27-23(31)24(32)28-20-13-18(25)8-9-19(20)26/h2-9,11,13,22H,10,12,14-15H2,1H3,(H,27,31)(H,28,32). The summed E-state index contributed by atoms with van der Waals surface area (Å²) < 4.78 is 29.1. The van der Waals surface area contributed by atoms with E-state index in [0.29, 0.717) is 0 Å². The molecule has 1 aromatic heterocycles. The highest BCUT2D eigenvalue weighted by molar-refractivity contribution is 6.39. The van der Waals surface area contributed by atoms with Gasteiger partial charge in [0, 0.05) is 44.6 Å². The molecule has 2 aromatic carbocycles. The number of nitrogens with one attached hydrogen (secondary N) is 2. The Hall–Kier alpha value is -3.52. The van der Waals surface area contributed by atoms with Crippen molar-refractivity contribution >= 4 is 17.5 Å². The maximum absolute atomic E-state index is 13.8. The monoisotopic (exact) mass is 438 g/mol. The first-order chi connectivity index (χ1) is 15.4. The minimum atomic E-state index is -1.05. The Morgan fingerprint density at radius 3 is 2.56 bits per heavy atom. The van der Waals surface area contributed by atoms with Crippen LogP contribution < -0.4 is 10.6 Å². The van der Waals surface area contributed by atoms with E-state index in [4.69, 9.17) is 0 Å². The first-order valence-corrected chi connectivity index (χ1v) is 10.4. The molecule has 3 aromatic rings. The van der Waals surface area contributed by atoms with Crippen LogP contribution in [0.2, 0.25) is 0 Å². The van der Waals surface area contributed by atoms with E-state index in [9.17, 15) is 18.4 Å². The van der Waals surface area contributed by atoms with Crippen molar-refractivity contribution in [3.05, 3.63) is 89.2 Å². The number of hydrogen-bond acceptors (Lipinski definition) is 3. The average Bonchev–Trinajstić information content (AvgIpc) is 3.21. The van der Waals surface area contributed by atoms with Crippen molar-refractivity contribution in [2.45, 2.75) is 19.0 Å². The predicted octanol–water partition coefficient (Wildman–Crippen LogP) is 3.16. The molecule has 0 saturated heterocycles. The number of nitrogens with zero attached hydrogens (tertiary/aromatic N) is 2. The topological polar surface area (TPSA) is 66.4 Å². The molecule has 166 valence electrons. The number of carbonyl (C=O) groups is 2. The molecule has 1 unspecified atom stereocenters. The number of hydrogen-bond donors (Lipinski definition) is 2. The molecule has 2 N–H and O–H groups in total. The number of amides is 2. The summed E-state index contributed by atoms with van der Waals surface area (Å²) in [5.74, 6) is -3.49. The van der Waals surface area contributed by atoms with Gasteiger partial charge in [-0.15, -0.1) is 0 Å². The van der Waals surface area contributed by atoms with E-state index >= 15 is 0 Å². The second-order valence-electron chi connectivity index (χ2n) is 7.84. The van der Waals surface area contributed by atoms with Gasteiger partial charge < -0.3 is 15.2 Å². The van der Waals surface area contributed by atoms with Gasteiger partial charge in [-0.2, -0.15) is 0 Å². The van der Waals surface area contributed by atoms with Crippen LogP contribution in [0, 0.1) is 11.6 Å². The molecule has 0 saturated carbocycles. The molecule has 4 rings (SSSR count). The van der Waals surface area contributed by atoms with Crippen LogP contribution in [-0.2, 0) is 29.6 Å². The lowest BCUT2D eigenvalue weighted by atomic mass is 9.98. The van der Waals surface area contributed by atoms with Crippen LogP contribution in [0.25, 0.3) is 0 Å². The molecular formula is C24H24F2N4O2. The van der Waals surface area contributed by atoms with Crippen LogP contribution in [0.15, 0.2) is 60.8 Å². The number of fused-ring (bicyclic) bond motifs is 1. The third-order valence-electron chi connectivity index (χ3n) is 5.77. The Kier molecular flexibility index (Phi) is 6.32. The number of aryl methyl sites for hydroxylation is 1. The molecule has 0 aliphatic carbocycles. The van der Waals surface area contributed by atoms with Crippen molar-refractivity contribution < 1.29 is 18.4 Å². The van der Waals surface area contributed by atoms with E-state index in [0.717, 1.165) is 43.4 Å². The summed E-state index contributed by atoms with van der Waals surface area (Å²) in [6.07, 6.45) is 2.83. The molecule has 0 fully saturated rings. The van der Waals surface area contributed by atoms with Crippen LogP contribution >= 0.6 is 0 Å². The summed E-state index contributed by atoms with van der Waals surface area (Å²) in [6, 6.07) is 14.7. The van der Waals surface area contributed by atoms with Gasteiger partial charge in [0.15, 0.2) is 0 Å². The zero-order valence-corrected chi connectivity index (χ0v) is 17.6. The molecule has 6 nitrogen and oxygen atoms in total. The Balaban J connectivity index is 1.46. The highest BCUT2D eigenvalue weighted by Gasteiger charge is 2.27. The smallest absolute Gasteiger partial charge is 0.313 e. The third-order valence-corrected chi connectivity index (χ3v) is 5.77. The van der Waals surface area contributed by atoms with E-state index < -0.39 is 23.4 Å². The zero-order valence-electron chi connectivity index (χ0n) is 17.6. The van der Waals surface area contributed by atoms with Crippen LogP contribution in [0.5, 0.6) is 0 Å². The lowest BCUT2D eigenvalue weighted by Crippen LogP contribution is -2.44. The first-order valence-electron chi connectivity index (χ1n) is 10.4. The van der Waals surface area contributed by atoms with E-state index in [2.05, 4.69) is 27.7 Å². The van der Waals surface area contributed by atoms with E-state index in [1.54, 1.807) is 0 Å². The molecule has 8 heteroatoms. The summed E-state index contributed by atoms with van der Waals surface area (Å²) in [5, 5.41) is 4.78. The average molecular weight is 438 g/mol. The molecule has 1 aliphatic rings. The second kappa shape index (κ2) is 9.32. The Morgan fingerprint density at radius 2 is 1.81 bits per heavy atom. The van der Waals surface area contributed by atoms with Gasteiger partial charge in [0.05, 0.1) is 11.7 Å². The maximum atomic E-state index is 13.8. The molecule has 2 heterocycles. The number of carbonyl (C=O) groups excluding carboxylic acids is 2. The first kappa shape index (κ1) is 21.7. The summed E-state index contributed by atoms with van der Waals surface area (Å²) in [5.41, 5.74) is 3.18. The highest BCUT2D eigenvalue weighted by Crippen LogP contribution is 2.27. The third kappa shape index (κ3) is 4.70. The number of benzene rings is 2. The van der Waals surface area contributed by atoms with E-state index in [1.165, 1.54) is 11.1 Å². The van der Waals surface area contributed by atoms with Crippen molar-refractivity contribution in [2.75, 3.05) is 18.4 Å². The van der Waals surface area contributed by atoms with Crippen molar-refractivity contribution in [3.63, 3.8) is 0 Å². The maximum Gasteiger partial charge on any atom is 0.313 e. The quantitative estimate of drug-likeness (QED) is 0.602. The Bertz CT molecular complexity index is 1140. The van der Waals surface area contributed by atoms with Gasteiger partial charge in [-0.1, -0.05) is 24.3 Å². The number of halogens is 2. The van der Waals surface area contributed by atoms with Gasteiger partial charge >= 0.3 is 11.8 Å². The SMILES string of the molecule is Cn1cccc1C(CNC(=O)C(=O)Nc1cc(F)ccc1F)N1CCc2ccccc2C1. The van der Waals surface area contributed by atoms with Crippen LogP contribution in [0.4, 0.5) is 14.5 Å². The summed E-state index contributed by atoms with van der Waals surface area (Å²) in [4.78, 5) is 26.9. The molecule has 0 radical (unpaired) electrons. The number of aromatic nitrogens is 1. The fraction of sp³-hybridized carbons (Fsp3) is 0.250. The molecule has 0 bridgehead atoms. The molecule has 1 aliphatic heterocycles. The molecule has 2 amide bonds. The zero-order chi connectivity index (χ0) is 22.7. The van der Waals surface area contributed by atoms with Crippen LogP contribution in [-0.4, -0.2) is 34.4 Å². The molecule has 1 atom stereocenters. The normalized spacial score (nSPS) is 14.5. The highest BCUT2D eigenvalue weighted by atomic mass is 19.1. The summed E-state index contributed by atoms with van der Waals surface area (Å²) in [6.45, 7) is 1.73. The van der Waals surface area contributed by atoms with Gasteiger partial charge in [0.25, 0.3) is 0 Å². The lowest BCUT2D eigenvalue weighted by molar-refractivity contribution is -0.136. The van der Waals surface area contributed by atoms with Crippen molar-refractivity contribution in [3.8, 4) is 0 Å². The van der Waals surface area contributed by atoms with Gasteiger partial charge in [-0.3, -0.25) is 14.5 Å². The molecule has 0 spiro atoms. The molecular weight excluding hydrogens is 414 g/mol. The summed E-state index contributed by atoms with van der Waals surface area (Å²) in [7, 11) is 1.93. The minimum absolute atomic E-state index is 0.161. The van der Waals surface area contributed by atoms with Crippen molar-refractivity contribution in [1.29, 1.82) is 0 Å². The van der Waals surface area contributed by atoms with Gasteiger partial charge in [0.2, 0.25) is 0 Å². The second-order valence-corrected chi connectivity index (χ2v) is 7.84. The number of anilines is 1. The van der Waals surface area contributed by atoms with Gasteiger partial charge in [-0.05, 0) is 41.8 Å². The van der Waals surface area contributed by atoms with E-state index in [-0.39, 0.29) is 18.3 Å². The van der Waals surface area contributed by atoms with Gasteiger partial charge in [0.1, 0.15) is 11.6 Å². The largest absolute Gasteiger partial charge is 0.353 e. The van der Waals surface area contributed by atoms with Crippen LogP contribution in [0.3, 0.4) is 0 Å². The number of rotatable bonds is 5. The Morgan fingerprint density at radius 1 is 1.03 bits per heavy atom. The van der Waals surface area contributed by atoms with Gasteiger partial charge in [-0.25, -0.2) is 8.78 Å². The van der Waals surface area contributed by atoms with Crippen LogP contribution in [0.1, 0.15) is 22.9 Å². The van der Waals surface area contributed by atoms with Crippen molar-refractivity contribution in [1.82, 2.24) is 14.8 Å². The lowest BCUT2D eigenvalue weighted by Gasteiger charge is -2.36. The fourth-order valence-electron chi connectivity index (χ4n) is 4.07. The van der Waals surface area contributed by atoms with E-state index in [1.807, 2.05) is 42.1 Å². The fourth-order valence-corrected chi connectivity index (χ4v) is 4.07. The van der Waals surface area contributed by atoms with Crippen molar-refractivity contribution in [2.24, 2.45) is 7.05 Å². The minimum Gasteiger partial charge on any atom is -0.353 e.